The van der Waals surface area contributed by atoms with Gasteiger partial charge in [-0.1, -0.05) is 6.92 Å². The van der Waals surface area contributed by atoms with Crippen molar-refractivity contribution >= 4 is 54.8 Å². The van der Waals surface area contributed by atoms with Gasteiger partial charge in [-0.25, -0.2) is 4.98 Å². The first-order valence-electron chi connectivity index (χ1n) is 9.52. The van der Waals surface area contributed by atoms with Crippen LogP contribution in [-0.4, -0.2) is 47.4 Å². The largest absolute Gasteiger partial charge is 0.483 e. The van der Waals surface area contributed by atoms with Crippen LogP contribution in [0.4, 0.5) is 0 Å². The second-order valence-electron chi connectivity index (χ2n) is 7.01. The first-order valence-corrected chi connectivity index (χ1v) is 11.2. The van der Waals surface area contributed by atoms with E-state index in [0.717, 1.165) is 43.9 Å². The smallest absolute Gasteiger partial charge is 0.260 e. The molecule has 1 unspecified atom stereocenters. The van der Waals surface area contributed by atoms with Crippen LogP contribution < -0.4 is 10.1 Å². The van der Waals surface area contributed by atoms with Gasteiger partial charge in [0.05, 0.1) is 19.9 Å². The highest BCUT2D eigenvalue weighted by Gasteiger charge is 2.25. The van der Waals surface area contributed by atoms with Gasteiger partial charge in [0.2, 0.25) is 5.91 Å². The van der Waals surface area contributed by atoms with E-state index in [-0.39, 0.29) is 24.5 Å². The third-order valence-electron chi connectivity index (χ3n) is 4.98. The second kappa shape index (κ2) is 8.05. The van der Waals surface area contributed by atoms with Crippen molar-refractivity contribution in [3.63, 3.8) is 0 Å². The minimum Gasteiger partial charge on any atom is -0.483 e. The van der Waals surface area contributed by atoms with Crippen LogP contribution >= 0.6 is 22.7 Å². The summed E-state index contributed by atoms with van der Waals surface area (Å²) in [7, 11) is 0. The summed E-state index contributed by atoms with van der Waals surface area (Å²) in [6.45, 7) is 5.10. The van der Waals surface area contributed by atoms with Gasteiger partial charge in [-0.15, -0.1) is 22.7 Å². The Morgan fingerprint density at radius 2 is 2.29 bits per heavy atom. The molecule has 0 saturated carbocycles. The van der Waals surface area contributed by atoms with Crippen LogP contribution in [0.1, 0.15) is 31.2 Å². The maximum absolute atomic E-state index is 12.7. The van der Waals surface area contributed by atoms with Gasteiger partial charge in [0.25, 0.3) is 5.91 Å². The predicted molar refractivity (Wildman–Crippen MR) is 113 cm³/mol. The first kappa shape index (κ1) is 19.1. The van der Waals surface area contributed by atoms with Gasteiger partial charge in [0, 0.05) is 37.0 Å². The molecule has 0 aliphatic carbocycles. The van der Waals surface area contributed by atoms with Crippen LogP contribution in [-0.2, 0) is 9.59 Å². The molecule has 4 rings (SSSR count). The summed E-state index contributed by atoms with van der Waals surface area (Å²) in [6.07, 6.45) is 2.26. The van der Waals surface area contributed by atoms with E-state index in [1.165, 1.54) is 0 Å². The van der Waals surface area contributed by atoms with Crippen LogP contribution in [0.3, 0.4) is 0 Å². The molecule has 6 nitrogen and oxygen atoms in total. The molecule has 0 bridgehead atoms. The summed E-state index contributed by atoms with van der Waals surface area (Å²) in [5, 5.41) is 7.04. The monoisotopic (exact) mass is 417 g/mol. The Bertz CT molecular complexity index is 1030. The number of nitrogens with zero attached hydrogens (tertiary/aromatic N) is 2. The number of benzene rings is 1. The summed E-state index contributed by atoms with van der Waals surface area (Å²) in [5.41, 5.74) is 1.01. The molecule has 1 aromatic carbocycles. The van der Waals surface area contributed by atoms with Crippen LogP contribution in [0.15, 0.2) is 17.5 Å². The minimum atomic E-state index is -0.0422. The fourth-order valence-corrected chi connectivity index (χ4v) is 5.42. The molecule has 3 heterocycles. The van der Waals surface area contributed by atoms with Gasteiger partial charge in [-0.2, -0.15) is 0 Å². The second-order valence-corrected chi connectivity index (χ2v) is 9.16. The van der Waals surface area contributed by atoms with E-state index in [1.54, 1.807) is 27.6 Å². The zero-order valence-electron chi connectivity index (χ0n) is 16.0. The number of nitrogens with one attached hydrogen (secondary N) is 1. The van der Waals surface area contributed by atoms with Crippen molar-refractivity contribution in [1.82, 2.24) is 15.2 Å². The molecule has 1 aliphatic heterocycles. The Morgan fingerprint density at radius 1 is 1.43 bits per heavy atom. The molecule has 1 N–H and O–H groups in total. The van der Waals surface area contributed by atoms with E-state index in [2.05, 4.69) is 10.3 Å². The number of carbonyl (C=O) groups excluding carboxylic acids is 2. The SMILES string of the molecule is CCC(=O)NC1CCCN(C(=O)COc2cc3sc(C)nc3c3sccc23)C1. The lowest BCUT2D eigenvalue weighted by molar-refractivity contribution is -0.135. The lowest BCUT2D eigenvalue weighted by Gasteiger charge is -2.33. The minimum absolute atomic E-state index is 0.00266. The van der Waals surface area contributed by atoms with Crippen molar-refractivity contribution in [1.29, 1.82) is 0 Å². The number of amides is 2. The van der Waals surface area contributed by atoms with Gasteiger partial charge in [0.15, 0.2) is 6.61 Å². The third-order valence-corrected chi connectivity index (χ3v) is 6.82. The number of ether oxygens (including phenoxy) is 1. The van der Waals surface area contributed by atoms with Crippen molar-refractivity contribution in [3.05, 3.63) is 22.5 Å². The Kier molecular flexibility index (Phi) is 5.50. The zero-order chi connectivity index (χ0) is 19.7. The lowest BCUT2D eigenvalue weighted by atomic mass is 10.1. The highest BCUT2D eigenvalue weighted by atomic mass is 32.1. The average molecular weight is 418 g/mol. The van der Waals surface area contributed by atoms with E-state index in [9.17, 15) is 9.59 Å². The number of rotatable bonds is 5. The molecule has 1 saturated heterocycles. The van der Waals surface area contributed by atoms with E-state index >= 15 is 0 Å². The van der Waals surface area contributed by atoms with Crippen LogP contribution in [0.5, 0.6) is 5.75 Å². The molecule has 1 aliphatic rings. The summed E-state index contributed by atoms with van der Waals surface area (Å²) in [6, 6.07) is 4.04. The first-order chi connectivity index (χ1) is 13.5. The summed E-state index contributed by atoms with van der Waals surface area (Å²) >= 11 is 3.28. The molecule has 1 atom stereocenters. The quantitative estimate of drug-likeness (QED) is 0.687. The molecule has 3 aromatic rings. The van der Waals surface area contributed by atoms with Gasteiger partial charge < -0.3 is 15.0 Å². The number of carbonyl (C=O) groups is 2. The number of thiazole rings is 1. The van der Waals surface area contributed by atoms with Crippen molar-refractivity contribution in [2.75, 3.05) is 19.7 Å². The molecule has 8 heteroatoms. The fraction of sp³-hybridized carbons (Fsp3) is 0.450. The molecule has 28 heavy (non-hydrogen) atoms. The van der Waals surface area contributed by atoms with Gasteiger partial charge in [-0.3, -0.25) is 9.59 Å². The topological polar surface area (TPSA) is 71.5 Å². The van der Waals surface area contributed by atoms with Crippen LogP contribution in [0, 0.1) is 6.92 Å². The number of piperidine rings is 1. The third kappa shape index (κ3) is 3.84. The van der Waals surface area contributed by atoms with Gasteiger partial charge in [0.1, 0.15) is 5.75 Å². The number of thiophene rings is 1. The molecular formula is C20H23N3O3S2. The van der Waals surface area contributed by atoms with Crippen LogP contribution in [0.2, 0.25) is 0 Å². The van der Waals surface area contributed by atoms with Crippen molar-refractivity contribution in [2.24, 2.45) is 0 Å². The highest BCUT2D eigenvalue weighted by molar-refractivity contribution is 7.21. The zero-order valence-corrected chi connectivity index (χ0v) is 17.6. The Balaban J connectivity index is 1.45. The molecule has 0 radical (unpaired) electrons. The Hall–Kier alpha value is -2.19. The summed E-state index contributed by atoms with van der Waals surface area (Å²) < 4.78 is 8.13. The van der Waals surface area contributed by atoms with Crippen LogP contribution in [0.25, 0.3) is 20.3 Å². The number of aromatic nitrogens is 1. The van der Waals surface area contributed by atoms with Crippen molar-refractivity contribution in [2.45, 2.75) is 39.2 Å². The maximum atomic E-state index is 12.7. The number of hydrogen-bond acceptors (Lipinski definition) is 6. The van der Waals surface area contributed by atoms with Gasteiger partial charge >= 0.3 is 0 Å². The van der Waals surface area contributed by atoms with E-state index < -0.39 is 0 Å². The number of likely N-dealkylation sites (tertiary alicyclic amines) is 1. The van der Waals surface area contributed by atoms with E-state index in [0.29, 0.717) is 19.5 Å². The molecular weight excluding hydrogens is 394 g/mol. The number of fused-ring (bicyclic) bond motifs is 3. The summed E-state index contributed by atoms with van der Waals surface area (Å²) in [5.74, 6) is 0.719. The predicted octanol–water partition coefficient (Wildman–Crippen LogP) is 3.72. The van der Waals surface area contributed by atoms with Crippen molar-refractivity contribution in [3.8, 4) is 5.75 Å². The van der Waals surface area contributed by atoms with E-state index in [1.807, 2.05) is 31.4 Å². The highest BCUT2D eigenvalue weighted by Crippen LogP contribution is 2.38. The standard InChI is InChI=1S/C20H23N3O3S2/c1-3-17(24)22-13-5-4-7-23(10-13)18(25)11-26-15-9-16-19(21-12(2)28-16)20-14(15)6-8-27-20/h6,8-9,13H,3-5,7,10-11H2,1-2H3,(H,22,24). The van der Waals surface area contributed by atoms with Crippen molar-refractivity contribution < 1.29 is 14.3 Å². The Labute approximate surface area is 171 Å². The molecule has 148 valence electrons. The maximum Gasteiger partial charge on any atom is 0.260 e. The van der Waals surface area contributed by atoms with E-state index in [4.69, 9.17) is 4.74 Å². The Morgan fingerprint density at radius 3 is 3.11 bits per heavy atom. The molecule has 2 amide bonds. The number of aryl methyl sites for hydroxylation is 1. The fourth-order valence-electron chi connectivity index (χ4n) is 3.59. The number of hydrogen-bond donors (Lipinski definition) is 1. The summed E-state index contributed by atoms with van der Waals surface area (Å²) in [4.78, 5) is 30.7. The molecule has 1 fully saturated rings. The lowest BCUT2D eigenvalue weighted by Crippen LogP contribution is -2.50. The molecule has 2 aromatic heterocycles. The van der Waals surface area contributed by atoms with Gasteiger partial charge in [-0.05, 0) is 31.2 Å². The average Bonchev–Trinajstić information content (AvgIpc) is 3.31. The molecule has 0 spiro atoms. The normalized spacial score (nSPS) is 17.2.